The fourth-order valence-corrected chi connectivity index (χ4v) is 3.30. The van der Waals surface area contributed by atoms with Crippen LogP contribution in [0.25, 0.3) is 22.4 Å². The molecule has 4 heteroatoms. The van der Waals surface area contributed by atoms with Gasteiger partial charge in [-0.15, -0.1) is 0 Å². The Morgan fingerprint density at radius 1 is 1.00 bits per heavy atom. The molecule has 1 atom stereocenters. The maximum atomic E-state index is 13.1. The summed E-state index contributed by atoms with van der Waals surface area (Å²) in [7, 11) is 0. The minimum Gasteiger partial charge on any atom is -0.353 e. The van der Waals surface area contributed by atoms with Crippen LogP contribution in [0.3, 0.4) is 0 Å². The first-order valence-electron chi connectivity index (χ1n) is 9.70. The Balaban J connectivity index is 1.40. The zero-order chi connectivity index (χ0) is 19.5. The van der Waals surface area contributed by atoms with E-state index in [0.717, 1.165) is 41.6 Å². The van der Waals surface area contributed by atoms with E-state index in [4.69, 9.17) is 0 Å². The molecular weight excluding hydrogens is 351 g/mol. The highest BCUT2D eigenvalue weighted by molar-refractivity contribution is 5.81. The summed E-state index contributed by atoms with van der Waals surface area (Å²) in [6, 6.07) is 18.8. The van der Waals surface area contributed by atoms with Crippen molar-refractivity contribution in [2.45, 2.75) is 32.2 Å². The van der Waals surface area contributed by atoms with Crippen LogP contribution < -0.4 is 5.32 Å². The van der Waals surface area contributed by atoms with Gasteiger partial charge in [0.2, 0.25) is 5.91 Å². The van der Waals surface area contributed by atoms with Gasteiger partial charge in [0.25, 0.3) is 0 Å². The van der Waals surface area contributed by atoms with Crippen molar-refractivity contribution in [3.63, 3.8) is 0 Å². The topological polar surface area (TPSA) is 42.0 Å². The van der Waals surface area contributed by atoms with Crippen molar-refractivity contribution >= 4 is 5.91 Å². The second-order valence-electron chi connectivity index (χ2n) is 7.52. The van der Waals surface area contributed by atoms with Gasteiger partial charge < -0.3 is 5.32 Å². The lowest BCUT2D eigenvalue weighted by Crippen LogP contribution is -2.35. The molecular formula is C24H23FN2O. The Kier molecular flexibility index (Phi) is 5.20. The molecule has 3 nitrogen and oxygen atoms in total. The van der Waals surface area contributed by atoms with Crippen molar-refractivity contribution in [3.05, 3.63) is 78.2 Å². The smallest absolute Gasteiger partial charge is 0.223 e. The van der Waals surface area contributed by atoms with Crippen LogP contribution in [0, 0.1) is 11.7 Å². The minimum absolute atomic E-state index is 0.132. The van der Waals surface area contributed by atoms with Crippen molar-refractivity contribution in [1.29, 1.82) is 0 Å². The van der Waals surface area contributed by atoms with E-state index < -0.39 is 0 Å². The lowest BCUT2D eigenvalue weighted by atomic mass is 10.0. The highest BCUT2D eigenvalue weighted by Crippen LogP contribution is 2.29. The summed E-state index contributed by atoms with van der Waals surface area (Å²) in [6.07, 6.45) is 4.68. The van der Waals surface area contributed by atoms with Crippen LogP contribution in [0.2, 0.25) is 0 Å². The van der Waals surface area contributed by atoms with Crippen molar-refractivity contribution in [3.8, 4) is 22.4 Å². The molecule has 1 unspecified atom stereocenters. The van der Waals surface area contributed by atoms with E-state index >= 15 is 0 Å². The molecule has 1 fully saturated rings. The maximum absolute atomic E-state index is 13.1. The van der Waals surface area contributed by atoms with Gasteiger partial charge in [0, 0.05) is 29.3 Å². The number of hydrogen-bond acceptors (Lipinski definition) is 2. The third-order valence-electron chi connectivity index (χ3n) is 5.07. The van der Waals surface area contributed by atoms with Gasteiger partial charge in [0.05, 0.1) is 5.69 Å². The van der Waals surface area contributed by atoms with Gasteiger partial charge in [0.15, 0.2) is 0 Å². The number of benzene rings is 2. The highest BCUT2D eigenvalue weighted by Gasteiger charge is 2.30. The van der Waals surface area contributed by atoms with Crippen molar-refractivity contribution in [2.24, 2.45) is 5.92 Å². The number of nitrogens with one attached hydrogen (secondary N) is 1. The van der Waals surface area contributed by atoms with Gasteiger partial charge in [0.1, 0.15) is 5.82 Å². The van der Waals surface area contributed by atoms with E-state index in [2.05, 4.69) is 34.6 Å². The molecule has 28 heavy (non-hydrogen) atoms. The fraction of sp³-hybridized carbons (Fsp3) is 0.250. The quantitative estimate of drug-likeness (QED) is 0.659. The van der Waals surface area contributed by atoms with Gasteiger partial charge >= 0.3 is 0 Å². The average Bonchev–Trinajstić information content (AvgIpc) is 3.55. The van der Waals surface area contributed by atoms with Crippen LogP contribution >= 0.6 is 0 Å². The summed E-state index contributed by atoms with van der Waals surface area (Å²) in [6.45, 7) is 2.05. The van der Waals surface area contributed by atoms with Gasteiger partial charge in [-0.2, -0.15) is 0 Å². The third-order valence-corrected chi connectivity index (χ3v) is 5.07. The normalized spacial score (nSPS) is 14.5. The summed E-state index contributed by atoms with van der Waals surface area (Å²) in [4.78, 5) is 16.4. The molecule has 4 rings (SSSR count). The average molecular weight is 374 g/mol. The first-order chi connectivity index (χ1) is 13.6. The molecule has 1 aromatic heterocycles. The minimum atomic E-state index is -0.241. The predicted octanol–water partition coefficient (Wildman–Crippen LogP) is 5.01. The Hall–Kier alpha value is -3.01. The summed E-state index contributed by atoms with van der Waals surface area (Å²) in [5, 5.41) is 3.09. The summed E-state index contributed by atoms with van der Waals surface area (Å²) in [5.41, 5.74) is 5.03. The summed E-state index contributed by atoms with van der Waals surface area (Å²) >= 11 is 0. The second kappa shape index (κ2) is 7.93. The van der Waals surface area contributed by atoms with Crippen molar-refractivity contribution in [2.75, 3.05) is 0 Å². The highest BCUT2D eigenvalue weighted by atomic mass is 19.1. The molecule has 142 valence electrons. The van der Waals surface area contributed by atoms with Crippen LogP contribution in [0.15, 0.2) is 66.9 Å². The number of aromatic nitrogens is 1. The number of pyridine rings is 1. The maximum Gasteiger partial charge on any atom is 0.223 e. The second-order valence-corrected chi connectivity index (χ2v) is 7.52. The standard InChI is InChI=1S/C24H23FN2O/c1-16(27-24(28)20-6-7-20)14-17-2-4-19(5-3-17)23-13-10-21(15-26-23)18-8-11-22(25)12-9-18/h2-5,8-13,15-16,20H,6-7,14H2,1H3,(H,27,28). The predicted molar refractivity (Wildman–Crippen MR) is 109 cm³/mol. The molecule has 0 saturated heterocycles. The number of hydrogen-bond donors (Lipinski definition) is 1. The SMILES string of the molecule is CC(Cc1ccc(-c2ccc(-c3ccc(F)cc3)cn2)cc1)NC(=O)C1CC1. The molecule has 1 amide bonds. The monoisotopic (exact) mass is 374 g/mol. The lowest BCUT2D eigenvalue weighted by Gasteiger charge is -2.14. The molecule has 3 aromatic rings. The molecule has 2 aromatic carbocycles. The molecule has 0 spiro atoms. The Morgan fingerprint density at radius 3 is 2.25 bits per heavy atom. The number of rotatable bonds is 6. The third kappa shape index (κ3) is 4.45. The molecule has 0 bridgehead atoms. The molecule has 1 N–H and O–H groups in total. The fourth-order valence-electron chi connectivity index (χ4n) is 3.30. The first-order valence-corrected chi connectivity index (χ1v) is 9.70. The Bertz CT molecular complexity index is 945. The van der Waals surface area contributed by atoms with Crippen molar-refractivity contribution < 1.29 is 9.18 Å². The summed E-state index contributed by atoms with van der Waals surface area (Å²) in [5.74, 6) is 0.193. The first kappa shape index (κ1) is 18.4. The van der Waals surface area contributed by atoms with Gasteiger partial charge in [-0.25, -0.2) is 4.39 Å². The van der Waals surface area contributed by atoms with E-state index in [9.17, 15) is 9.18 Å². The number of amides is 1. The molecule has 1 aliphatic rings. The molecule has 1 saturated carbocycles. The van der Waals surface area contributed by atoms with Gasteiger partial charge in [-0.1, -0.05) is 42.5 Å². The molecule has 0 radical (unpaired) electrons. The number of carbonyl (C=O) groups is 1. The van der Waals surface area contributed by atoms with E-state index in [1.165, 1.54) is 17.7 Å². The largest absolute Gasteiger partial charge is 0.353 e. The number of halogens is 1. The molecule has 1 heterocycles. The van der Waals surface area contributed by atoms with Crippen LogP contribution in [0.5, 0.6) is 0 Å². The molecule has 0 aliphatic heterocycles. The number of carbonyl (C=O) groups excluding carboxylic acids is 1. The summed E-state index contributed by atoms with van der Waals surface area (Å²) < 4.78 is 13.1. The Labute approximate surface area is 164 Å². The molecule has 1 aliphatic carbocycles. The Morgan fingerprint density at radius 2 is 1.64 bits per heavy atom. The number of nitrogens with zero attached hydrogens (tertiary/aromatic N) is 1. The lowest BCUT2D eigenvalue weighted by molar-refractivity contribution is -0.122. The van der Waals surface area contributed by atoms with Crippen LogP contribution in [-0.4, -0.2) is 16.9 Å². The van der Waals surface area contributed by atoms with Crippen molar-refractivity contribution in [1.82, 2.24) is 10.3 Å². The van der Waals surface area contributed by atoms with Crippen LogP contribution in [0.1, 0.15) is 25.3 Å². The zero-order valence-corrected chi connectivity index (χ0v) is 15.9. The van der Waals surface area contributed by atoms with E-state index in [1.807, 2.05) is 25.3 Å². The zero-order valence-electron chi connectivity index (χ0n) is 15.9. The van der Waals surface area contributed by atoms with E-state index in [-0.39, 0.29) is 23.7 Å². The van der Waals surface area contributed by atoms with Crippen LogP contribution in [0.4, 0.5) is 4.39 Å². The van der Waals surface area contributed by atoms with Gasteiger partial charge in [-0.05, 0) is 55.5 Å². The van der Waals surface area contributed by atoms with Crippen LogP contribution in [-0.2, 0) is 11.2 Å². The van der Waals surface area contributed by atoms with Gasteiger partial charge in [-0.3, -0.25) is 9.78 Å². The van der Waals surface area contributed by atoms with E-state index in [1.54, 1.807) is 12.1 Å². The van der Waals surface area contributed by atoms with E-state index in [0.29, 0.717) is 0 Å².